The lowest BCUT2D eigenvalue weighted by Gasteiger charge is -2.02. The molecule has 0 aliphatic carbocycles. The summed E-state index contributed by atoms with van der Waals surface area (Å²) >= 11 is 0. The van der Waals surface area contributed by atoms with E-state index in [1.54, 1.807) is 10.7 Å². The molecule has 0 aliphatic heterocycles. The highest BCUT2D eigenvalue weighted by Gasteiger charge is 2.10. The number of hydrogen-bond donors (Lipinski definition) is 0. The number of aryl methyl sites for hydroxylation is 1. The molecule has 0 saturated carbocycles. The molecule has 0 unspecified atom stereocenters. The lowest BCUT2D eigenvalue weighted by molar-refractivity contribution is 0.615. The molecule has 0 amide bonds. The molecule has 0 N–H and O–H groups in total. The standard InChI is InChI=1S/C9H9FN4/c1-2-14-9(12-6-13-14)7-3-4-11-5-8(7)10/h3-6H,2H2,1H3. The van der Waals surface area contributed by atoms with E-state index in [0.29, 0.717) is 17.9 Å². The van der Waals surface area contributed by atoms with Crippen molar-refractivity contribution in [2.24, 2.45) is 0 Å². The van der Waals surface area contributed by atoms with Gasteiger partial charge in [-0.2, -0.15) is 5.10 Å². The number of rotatable bonds is 2. The van der Waals surface area contributed by atoms with Gasteiger partial charge < -0.3 is 0 Å². The van der Waals surface area contributed by atoms with E-state index < -0.39 is 0 Å². The summed E-state index contributed by atoms with van der Waals surface area (Å²) in [6.07, 6.45) is 4.12. The van der Waals surface area contributed by atoms with Gasteiger partial charge in [0.25, 0.3) is 0 Å². The van der Waals surface area contributed by atoms with Crippen LogP contribution in [0.4, 0.5) is 4.39 Å². The molecular weight excluding hydrogens is 183 g/mol. The molecular formula is C9H9FN4. The van der Waals surface area contributed by atoms with Gasteiger partial charge in [0.15, 0.2) is 11.6 Å². The maximum Gasteiger partial charge on any atom is 0.161 e. The van der Waals surface area contributed by atoms with E-state index in [1.807, 2.05) is 6.92 Å². The Labute approximate surface area is 80.4 Å². The first-order valence-electron chi connectivity index (χ1n) is 4.30. The van der Waals surface area contributed by atoms with Crippen molar-refractivity contribution in [2.75, 3.05) is 0 Å². The Kier molecular flexibility index (Phi) is 2.22. The van der Waals surface area contributed by atoms with E-state index in [9.17, 15) is 4.39 Å². The molecule has 2 rings (SSSR count). The van der Waals surface area contributed by atoms with Crippen molar-refractivity contribution in [3.05, 3.63) is 30.6 Å². The van der Waals surface area contributed by atoms with Gasteiger partial charge in [-0.05, 0) is 13.0 Å². The molecule has 0 spiro atoms. The third kappa shape index (κ3) is 1.37. The Morgan fingerprint density at radius 2 is 2.36 bits per heavy atom. The van der Waals surface area contributed by atoms with E-state index in [2.05, 4.69) is 15.1 Å². The van der Waals surface area contributed by atoms with Crippen molar-refractivity contribution >= 4 is 0 Å². The summed E-state index contributed by atoms with van der Waals surface area (Å²) in [4.78, 5) is 7.68. The summed E-state index contributed by atoms with van der Waals surface area (Å²) in [7, 11) is 0. The van der Waals surface area contributed by atoms with Crippen molar-refractivity contribution in [3.63, 3.8) is 0 Å². The summed E-state index contributed by atoms with van der Waals surface area (Å²) in [6.45, 7) is 2.59. The Morgan fingerprint density at radius 1 is 1.50 bits per heavy atom. The average molecular weight is 192 g/mol. The highest BCUT2D eigenvalue weighted by atomic mass is 19.1. The average Bonchev–Trinajstić information content (AvgIpc) is 2.66. The van der Waals surface area contributed by atoms with Crippen LogP contribution in [-0.4, -0.2) is 19.7 Å². The maximum absolute atomic E-state index is 13.3. The van der Waals surface area contributed by atoms with Crippen LogP contribution in [-0.2, 0) is 6.54 Å². The van der Waals surface area contributed by atoms with Crippen LogP contribution in [0.15, 0.2) is 24.8 Å². The zero-order valence-corrected chi connectivity index (χ0v) is 7.68. The van der Waals surface area contributed by atoms with Gasteiger partial charge in [0.2, 0.25) is 0 Å². The van der Waals surface area contributed by atoms with Crippen LogP contribution < -0.4 is 0 Å². The van der Waals surface area contributed by atoms with Crippen LogP contribution in [0.1, 0.15) is 6.92 Å². The van der Waals surface area contributed by atoms with Crippen LogP contribution in [0.2, 0.25) is 0 Å². The molecule has 2 heterocycles. The largest absolute Gasteiger partial charge is 0.262 e. The van der Waals surface area contributed by atoms with Gasteiger partial charge in [-0.15, -0.1) is 0 Å². The van der Waals surface area contributed by atoms with E-state index in [1.165, 1.54) is 18.7 Å². The monoisotopic (exact) mass is 192 g/mol. The lowest BCUT2D eigenvalue weighted by Crippen LogP contribution is -2.00. The highest BCUT2D eigenvalue weighted by Crippen LogP contribution is 2.18. The number of hydrogen-bond acceptors (Lipinski definition) is 3. The maximum atomic E-state index is 13.3. The minimum absolute atomic E-state index is 0.379. The van der Waals surface area contributed by atoms with Crippen molar-refractivity contribution in [2.45, 2.75) is 13.5 Å². The smallest absolute Gasteiger partial charge is 0.161 e. The van der Waals surface area contributed by atoms with Gasteiger partial charge in [0.1, 0.15) is 6.33 Å². The van der Waals surface area contributed by atoms with E-state index in [-0.39, 0.29) is 5.82 Å². The van der Waals surface area contributed by atoms with Gasteiger partial charge in [-0.1, -0.05) is 0 Å². The fourth-order valence-electron chi connectivity index (χ4n) is 1.26. The highest BCUT2D eigenvalue weighted by molar-refractivity contribution is 5.54. The molecule has 0 radical (unpaired) electrons. The lowest BCUT2D eigenvalue weighted by atomic mass is 10.2. The first-order chi connectivity index (χ1) is 6.83. The third-order valence-electron chi connectivity index (χ3n) is 1.93. The van der Waals surface area contributed by atoms with Crippen molar-refractivity contribution in [1.82, 2.24) is 19.7 Å². The topological polar surface area (TPSA) is 43.6 Å². The first kappa shape index (κ1) is 8.80. The fourth-order valence-corrected chi connectivity index (χ4v) is 1.26. The summed E-state index contributed by atoms with van der Waals surface area (Å²) in [5.74, 6) is 0.155. The van der Waals surface area contributed by atoms with Crippen molar-refractivity contribution in [3.8, 4) is 11.4 Å². The number of nitrogens with zero attached hydrogens (tertiary/aromatic N) is 4. The predicted molar refractivity (Wildman–Crippen MR) is 48.9 cm³/mol. The van der Waals surface area contributed by atoms with E-state index in [0.717, 1.165) is 0 Å². The van der Waals surface area contributed by atoms with Gasteiger partial charge in [0.05, 0.1) is 11.8 Å². The predicted octanol–water partition coefficient (Wildman–Crippen LogP) is 1.50. The molecule has 0 aromatic carbocycles. The molecule has 72 valence electrons. The molecule has 0 aliphatic rings. The van der Waals surface area contributed by atoms with Crippen molar-refractivity contribution in [1.29, 1.82) is 0 Å². The fraction of sp³-hybridized carbons (Fsp3) is 0.222. The van der Waals surface area contributed by atoms with Crippen LogP contribution in [0.5, 0.6) is 0 Å². The molecule has 14 heavy (non-hydrogen) atoms. The van der Waals surface area contributed by atoms with Crippen LogP contribution in [0.25, 0.3) is 11.4 Å². The summed E-state index contributed by atoms with van der Waals surface area (Å²) in [5.41, 5.74) is 0.430. The summed E-state index contributed by atoms with van der Waals surface area (Å²) < 4.78 is 15.0. The minimum Gasteiger partial charge on any atom is -0.262 e. The van der Waals surface area contributed by atoms with Crippen LogP contribution in [0, 0.1) is 5.82 Å². The number of pyridine rings is 1. The summed E-state index contributed by atoms with van der Waals surface area (Å²) in [6, 6.07) is 1.59. The molecule has 4 nitrogen and oxygen atoms in total. The van der Waals surface area contributed by atoms with E-state index >= 15 is 0 Å². The molecule has 0 atom stereocenters. The van der Waals surface area contributed by atoms with Crippen molar-refractivity contribution < 1.29 is 4.39 Å². The van der Waals surface area contributed by atoms with Crippen LogP contribution in [0.3, 0.4) is 0 Å². The Hall–Kier alpha value is -1.78. The Balaban J connectivity index is 2.54. The van der Waals surface area contributed by atoms with Gasteiger partial charge >= 0.3 is 0 Å². The minimum atomic E-state index is -0.379. The summed E-state index contributed by atoms with van der Waals surface area (Å²) in [5, 5.41) is 3.97. The van der Waals surface area contributed by atoms with E-state index in [4.69, 9.17) is 0 Å². The van der Waals surface area contributed by atoms with Gasteiger partial charge in [0, 0.05) is 12.7 Å². The Bertz CT molecular complexity index is 438. The van der Waals surface area contributed by atoms with Crippen LogP contribution >= 0.6 is 0 Å². The second kappa shape index (κ2) is 3.53. The molecule has 2 aromatic rings. The van der Waals surface area contributed by atoms with Gasteiger partial charge in [-0.3, -0.25) is 4.98 Å². The third-order valence-corrected chi connectivity index (χ3v) is 1.93. The second-order valence-corrected chi connectivity index (χ2v) is 2.75. The SMILES string of the molecule is CCn1ncnc1-c1ccncc1F. The second-order valence-electron chi connectivity index (χ2n) is 2.75. The zero-order valence-electron chi connectivity index (χ0n) is 7.68. The molecule has 0 saturated heterocycles. The molecule has 5 heteroatoms. The number of halogens is 1. The zero-order chi connectivity index (χ0) is 9.97. The quantitative estimate of drug-likeness (QED) is 0.724. The van der Waals surface area contributed by atoms with Gasteiger partial charge in [-0.25, -0.2) is 14.1 Å². The molecule has 2 aromatic heterocycles. The normalized spacial score (nSPS) is 10.4. The molecule has 0 bridgehead atoms. The number of aromatic nitrogens is 4. The first-order valence-corrected chi connectivity index (χ1v) is 4.30. The Morgan fingerprint density at radius 3 is 3.07 bits per heavy atom. The molecule has 0 fully saturated rings.